The van der Waals surface area contributed by atoms with Crippen molar-refractivity contribution in [1.82, 2.24) is 9.97 Å². The third kappa shape index (κ3) is 2.29. The lowest BCUT2D eigenvalue weighted by Gasteiger charge is -1.99. The zero-order valence-electron chi connectivity index (χ0n) is 5.72. The van der Waals surface area contributed by atoms with Crippen LogP contribution < -0.4 is 5.73 Å². The third-order valence-electron chi connectivity index (χ3n) is 1.20. The number of nitrogens with two attached hydrogens (primary N) is 1. The lowest BCUT2D eigenvalue weighted by atomic mass is 10.2. The molecule has 0 spiro atoms. The molecule has 11 heavy (non-hydrogen) atoms. The Morgan fingerprint density at radius 1 is 1.45 bits per heavy atom. The number of hydrogen-bond acceptors (Lipinski definition) is 3. The maximum atomic E-state index is 5.72. The summed E-state index contributed by atoms with van der Waals surface area (Å²) in [4.78, 5) is 7.53. The molecule has 0 radical (unpaired) electrons. The Labute approximate surface area is 74.5 Å². The van der Waals surface area contributed by atoms with E-state index in [2.05, 4.69) is 9.97 Å². The van der Waals surface area contributed by atoms with E-state index in [1.54, 1.807) is 6.20 Å². The van der Waals surface area contributed by atoms with Crippen molar-refractivity contribution in [2.75, 3.05) is 6.54 Å². The Bertz CT molecular complexity index is 252. The predicted octanol–water partition coefficient (Wildman–Crippen LogP) is 1.28. The summed E-state index contributed by atoms with van der Waals surface area (Å²) in [5.41, 5.74) is 6.15. The van der Waals surface area contributed by atoms with Gasteiger partial charge in [-0.2, -0.15) is 0 Å². The molecule has 5 heteroatoms. The number of hydrogen-bond donors (Lipinski definition) is 1. The molecule has 60 valence electrons. The van der Waals surface area contributed by atoms with E-state index in [9.17, 15) is 0 Å². The van der Waals surface area contributed by atoms with Crippen LogP contribution in [0.3, 0.4) is 0 Å². The minimum Gasteiger partial charge on any atom is -0.330 e. The first-order chi connectivity index (χ1) is 5.24. The summed E-state index contributed by atoms with van der Waals surface area (Å²) in [5, 5.41) is 0.547. The molecule has 0 aromatic carbocycles. The van der Waals surface area contributed by atoms with Crippen molar-refractivity contribution in [3.05, 3.63) is 22.2 Å². The van der Waals surface area contributed by atoms with Gasteiger partial charge < -0.3 is 5.73 Å². The molecule has 1 rings (SSSR count). The van der Waals surface area contributed by atoms with Gasteiger partial charge in [0.1, 0.15) is 5.15 Å². The molecule has 0 aliphatic rings. The fourth-order valence-corrected chi connectivity index (χ4v) is 1.09. The van der Waals surface area contributed by atoms with Crippen molar-refractivity contribution in [3.8, 4) is 0 Å². The summed E-state index contributed by atoms with van der Waals surface area (Å²) in [6.07, 6.45) is 2.26. The van der Waals surface area contributed by atoms with Gasteiger partial charge in [-0.3, -0.25) is 0 Å². The Hall–Kier alpha value is -0.380. The predicted molar refractivity (Wildman–Crippen MR) is 44.8 cm³/mol. The van der Waals surface area contributed by atoms with Crippen LogP contribution >= 0.6 is 23.2 Å². The van der Waals surface area contributed by atoms with Crippen molar-refractivity contribution in [3.63, 3.8) is 0 Å². The fraction of sp³-hybridized carbons (Fsp3) is 0.333. The number of aromatic nitrogens is 2. The third-order valence-corrected chi connectivity index (χ3v) is 1.71. The molecule has 0 amide bonds. The van der Waals surface area contributed by atoms with Crippen LogP contribution in [0.2, 0.25) is 10.4 Å². The summed E-state index contributed by atoms with van der Waals surface area (Å²) in [5.74, 6) is 0. The van der Waals surface area contributed by atoms with Gasteiger partial charge in [0.25, 0.3) is 0 Å². The average molecular weight is 192 g/mol. The first-order valence-corrected chi connectivity index (χ1v) is 3.86. The Kier molecular flexibility index (Phi) is 3.05. The SMILES string of the molecule is NCCc1cnc(Cl)nc1Cl. The highest BCUT2D eigenvalue weighted by atomic mass is 35.5. The smallest absolute Gasteiger partial charge is 0.223 e. The van der Waals surface area contributed by atoms with E-state index in [1.807, 2.05) is 0 Å². The van der Waals surface area contributed by atoms with Crippen LogP contribution in [-0.4, -0.2) is 16.5 Å². The van der Waals surface area contributed by atoms with Crippen molar-refractivity contribution in [2.24, 2.45) is 5.73 Å². The molecular formula is C6H7Cl2N3. The Morgan fingerprint density at radius 3 is 2.73 bits per heavy atom. The summed E-state index contributed by atoms with van der Waals surface area (Å²) >= 11 is 11.2. The normalized spacial score (nSPS) is 10.1. The van der Waals surface area contributed by atoms with E-state index >= 15 is 0 Å². The Balaban J connectivity index is 2.90. The highest BCUT2D eigenvalue weighted by Crippen LogP contribution is 2.13. The molecule has 1 aromatic rings. The zero-order valence-corrected chi connectivity index (χ0v) is 7.23. The second-order valence-electron chi connectivity index (χ2n) is 1.99. The monoisotopic (exact) mass is 191 g/mol. The zero-order chi connectivity index (χ0) is 8.27. The highest BCUT2D eigenvalue weighted by Gasteiger charge is 2.01. The molecule has 3 nitrogen and oxygen atoms in total. The van der Waals surface area contributed by atoms with Gasteiger partial charge in [-0.05, 0) is 24.6 Å². The number of halogens is 2. The molecule has 2 N–H and O–H groups in total. The summed E-state index contributed by atoms with van der Waals surface area (Å²) in [6.45, 7) is 0.532. The van der Waals surface area contributed by atoms with Gasteiger partial charge in [-0.15, -0.1) is 0 Å². The van der Waals surface area contributed by atoms with E-state index in [0.29, 0.717) is 18.1 Å². The van der Waals surface area contributed by atoms with Gasteiger partial charge >= 0.3 is 0 Å². The standard InChI is InChI=1S/C6H7Cl2N3/c7-5-4(1-2-9)3-10-6(8)11-5/h3H,1-2,9H2. The Morgan fingerprint density at radius 2 is 2.18 bits per heavy atom. The first kappa shape index (κ1) is 8.71. The van der Waals surface area contributed by atoms with Crippen molar-refractivity contribution in [2.45, 2.75) is 6.42 Å². The topological polar surface area (TPSA) is 51.8 Å². The molecule has 0 aliphatic heterocycles. The van der Waals surface area contributed by atoms with Crippen LogP contribution in [0.1, 0.15) is 5.56 Å². The number of rotatable bonds is 2. The molecule has 0 bridgehead atoms. The van der Waals surface area contributed by atoms with Gasteiger partial charge in [0, 0.05) is 11.8 Å². The first-order valence-electron chi connectivity index (χ1n) is 3.11. The summed E-state index contributed by atoms with van der Waals surface area (Å²) in [7, 11) is 0. The van der Waals surface area contributed by atoms with Crippen molar-refractivity contribution >= 4 is 23.2 Å². The molecule has 0 aliphatic carbocycles. The number of nitrogens with zero attached hydrogens (tertiary/aromatic N) is 2. The van der Waals surface area contributed by atoms with Crippen LogP contribution in [-0.2, 0) is 6.42 Å². The molecule has 0 atom stereocenters. The van der Waals surface area contributed by atoms with Gasteiger partial charge in [-0.25, -0.2) is 9.97 Å². The highest BCUT2D eigenvalue weighted by molar-refractivity contribution is 6.32. The van der Waals surface area contributed by atoms with Gasteiger partial charge in [0.05, 0.1) is 0 Å². The molecule has 0 unspecified atom stereocenters. The lowest BCUT2D eigenvalue weighted by molar-refractivity contribution is 0.941. The summed E-state index contributed by atoms with van der Waals surface area (Å²) < 4.78 is 0. The lowest BCUT2D eigenvalue weighted by Crippen LogP contribution is -2.04. The van der Waals surface area contributed by atoms with Crippen LogP contribution in [0.15, 0.2) is 6.20 Å². The molecule has 0 fully saturated rings. The van der Waals surface area contributed by atoms with Crippen LogP contribution in [0.25, 0.3) is 0 Å². The average Bonchev–Trinajstić information content (AvgIpc) is 1.95. The second-order valence-corrected chi connectivity index (χ2v) is 2.69. The van der Waals surface area contributed by atoms with E-state index in [1.165, 1.54) is 0 Å². The molecular weight excluding hydrogens is 185 g/mol. The van der Waals surface area contributed by atoms with Crippen LogP contribution in [0.5, 0.6) is 0 Å². The molecule has 0 saturated carbocycles. The quantitative estimate of drug-likeness (QED) is 0.567. The maximum Gasteiger partial charge on any atom is 0.223 e. The summed E-state index contributed by atoms with van der Waals surface area (Å²) in [6, 6.07) is 0. The minimum atomic E-state index is 0.163. The maximum absolute atomic E-state index is 5.72. The van der Waals surface area contributed by atoms with E-state index in [4.69, 9.17) is 28.9 Å². The molecule has 1 aromatic heterocycles. The van der Waals surface area contributed by atoms with Crippen LogP contribution in [0, 0.1) is 0 Å². The van der Waals surface area contributed by atoms with Gasteiger partial charge in [-0.1, -0.05) is 11.6 Å². The van der Waals surface area contributed by atoms with Crippen molar-refractivity contribution < 1.29 is 0 Å². The molecule has 0 saturated heterocycles. The van der Waals surface area contributed by atoms with Gasteiger partial charge in [0.15, 0.2) is 0 Å². The van der Waals surface area contributed by atoms with E-state index in [0.717, 1.165) is 5.56 Å². The van der Waals surface area contributed by atoms with Gasteiger partial charge in [0.2, 0.25) is 5.28 Å². The molecule has 1 heterocycles. The van der Waals surface area contributed by atoms with E-state index in [-0.39, 0.29) is 5.28 Å². The van der Waals surface area contributed by atoms with Crippen LogP contribution in [0.4, 0.5) is 0 Å². The second kappa shape index (κ2) is 3.85. The fourth-order valence-electron chi connectivity index (χ4n) is 0.689. The minimum absolute atomic E-state index is 0.163. The van der Waals surface area contributed by atoms with Crippen molar-refractivity contribution in [1.29, 1.82) is 0 Å². The van der Waals surface area contributed by atoms with E-state index < -0.39 is 0 Å². The largest absolute Gasteiger partial charge is 0.330 e.